The van der Waals surface area contributed by atoms with Crippen LogP contribution in [0.3, 0.4) is 0 Å². The summed E-state index contributed by atoms with van der Waals surface area (Å²) < 4.78 is 1.67. The number of anilines is 1. The third kappa shape index (κ3) is 2.34. The fourth-order valence-corrected chi connectivity index (χ4v) is 2.20. The second-order valence-corrected chi connectivity index (χ2v) is 4.92. The van der Waals surface area contributed by atoms with Gasteiger partial charge in [-0.2, -0.15) is 5.10 Å². The van der Waals surface area contributed by atoms with Crippen LogP contribution in [0, 0.1) is 6.92 Å². The van der Waals surface area contributed by atoms with E-state index in [-0.39, 0.29) is 11.9 Å². The molecule has 0 aromatic carbocycles. The van der Waals surface area contributed by atoms with E-state index in [2.05, 4.69) is 20.6 Å². The van der Waals surface area contributed by atoms with Gasteiger partial charge in [-0.1, -0.05) is 0 Å². The highest BCUT2D eigenvalue weighted by atomic mass is 16.2. The number of hydrogen-bond acceptors (Lipinski definition) is 5. The van der Waals surface area contributed by atoms with E-state index in [9.17, 15) is 4.79 Å². The molecule has 1 amide bonds. The SMILES string of the molecule is Cc1ccn(-c2ccc(NC3CCN(C)C3=O)nn2)n1. The van der Waals surface area contributed by atoms with Gasteiger partial charge in [-0.3, -0.25) is 4.79 Å². The van der Waals surface area contributed by atoms with Crippen molar-refractivity contribution in [3.05, 3.63) is 30.1 Å². The molecule has 1 N–H and O–H groups in total. The molecular formula is C13H16N6O. The first-order valence-electron chi connectivity index (χ1n) is 6.51. The molecule has 7 nitrogen and oxygen atoms in total. The molecular weight excluding hydrogens is 256 g/mol. The molecule has 0 aliphatic carbocycles. The van der Waals surface area contributed by atoms with Crippen LogP contribution in [0.5, 0.6) is 0 Å². The summed E-state index contributed by atoms with van der Waals surface area (Å²) in [5.74, 6) is 1.35. The second kappa shape index (κ2) is 4.92. The standard InChI is InChI=1S/C13H16N6O/c1-9-5-8-19(17-9)12-4-3-11(15-16-12)14-10-6-7-18(2)13(10)20/h3-5,8,10H,6-7H2,1-2H3,(H,14,15). The maximum absolute atomic E-state index is 11.8. The maximum Gasteiger partial charge on any atom is 0.244 e. The van der Waals surface area contributed by atoms with Crippen molar-refractivity contribution in [2.75, 3.05) is 18.9 Å². The number of carbonyl (C=O) groups is 1. The van der Waals surface area contributed by atoms with Gasteiger partial charge in [-0.05, 0) is 31.5 Å². The van der Waals surface area contributed by atoms with Crippen LogP contribution >= 0.6 is 0 Å². The van der Waals surface area contributed by atoms with Crippen molar-refractivity contribution in [1.82, 2.24) is 24.9 Å². The minimum atomic E-state index is -0.202. The van der Waals surface area contributed by atoms with E-state index < -0.39 is 0 Å². The average molecular weight is 272 g/mol. The number of rotatable bonds is 3. The second-order valence-electron chi connectivity index (χ2n) is 4.92. The molecule has 0 spiro atoms. The van der Waals surface area contributed by atoms with Crippen molar-refractivity contribution in [3.63, 3.8) is 0 Å². The van der Waals surface area contributed by atoms with E-state index in [4.69, 9.17) is 0 Å². The first kappa shape index (κ1) is 12.6. The summed E-state index contributed by atoms with van der Waals surface area (Å²) in [5.41, 5.74) is 0.925. The van der Waals surface area contributed by atoms with E-state index in [1.807, 2.05) is 31.3 Å². The number of likely N-dealkylation sites (tertiary alicyclic amines) is 1. The third-order valence-corrected chi connectivity index (χ3v) is 3.36. The van der Waals surface area contributed by atoms with Gasteiger partial charge in [-0.15, -0.1) is 10.2 Å². The Morgan fingerprint density at radius 1 is 1.30 bits per heavy atom. The van der Waals surface area contributed by atoms with E-state index in [0.717, 1.165) is 18.7 Å². The largest absolute Gasteiger partial charge is 0.357 e. The molecule has 104 valence electrons. The molecule has 7 heteroatoms. The lowest BCUT2D eigenvalue weighted by Crippen LogP contribution is -2.31. The van der Waals surface area contributed by atoms with Gasteiger partial charge in [-0.25, -0.2) is 4.68 Å². The van der Waals surface area contributed by atoms with E-state index in [1.165, 1.54) is 0 Å². The Balaban J connectivity index is 1.72. The fraction of sp³-hybridized carbons (Fsp3) is 0.385. The minimum Gasteiger partial charge on any atom is -0.357 e. The number of likely N-dealkylation sites (N-methyl/N-ethyl adjacent to an activating group) is 1. The maximum atomic E-state index is 11.8. The van der Waals surface area contributed by atoms with Gasteiger partial charge in [0.05, 0.1) is 5.69 Å². The molecule has 3 heterocycles. The number of aromatic nitrogens is 4. The first-order chi connectivity index (χ1) is 9.63. The molecule has 2 aromatic rings. The zero-order valence-corrected chi connectivity index (χ0v) is 11.4. The Labute approximate surface area is 116 Å². The summed E-state index contributed by atoms with van der Waals surface area (Å²) in [7, 11) is 1.80. The van der Waals surface area contributed by atoms with Crippen molar-refractivity contribution in [1.29, 1.82) is 0 Å². The van der Waals surface area contributed by atoms with Crippen LogP contribution in [0.1, 0.15) is 12.1 Å². The third-order valence-electron chi connectivity index (χ3n) is 3.36. The van der Waals surface area contributed by atoms with Gasteiger partial charge in [0.15, 0.2) is 5.82 Å². The van der Waals surface area contributed by atoms with Gasteiger partial charge in [0.2, 0.25) is 5.91 Å². The Bertz CT molecular complexity index is 620. The van der Waals surface area contributed by atoms with Crippen LogP contribution < -0.4 is 5.32 Å². The van der Waals surface area contributed by atoms with Gasteiger partial charge in [0.25, 0.3) is 0 Å². The zero-order valence-electron chi connectivity index (χ0n) is 11.4. The topological polar surface area (TPSA) is 75.9 Å². The normalized spacial score (nSPS) is 18.6. The Hall–Kier alpha value is -2.44. The van der Waals surface area contributed by atoms with Crippen molar-refractivity contribution >= 4 is 11.7 Å². The van der Waals surface area contributed by atoms with Crippen LogP contribution in [-0.4, -0.2) is 50.4 Å². The van der Waals surface area contributed by atoms with Crippen molar-refractivity contribution in [2.24, 2.45) is 0 Å². The predicted molar refractivity (Wildman–Crippen MR) is 73.6 cm³/mol. The number of amides is 1. The summed E-state index contributed by atoms with van der Waals surface area (Å²) in [6.45, 7) is 2.69. The molecule has 1 aliphatic heterocycles. The molecule has 2 aromatic heterocycles. The van der Waals surface area contributed by atoms with E-state index in [0.29, 0.717) is 11.6 Å². The number of carbonyl (C=O) groups excluding carboxylic acids is 1. The minimum absolute atomic E-state index is 0.0959. The van der Waals surface area contributed by atoms with Crippen molar-refractivity contribution in [2.45, 2.75) is 19.4 Å². The summed E-state index contributed by atoms with van der Waals surface area (Å²) in [6.07, 6.45) is 2.62. The lowest BCUT2D eigenvalue weighted by atomic mass is 10.2. The van der Waals surface area contributed by atoms with Gasteiger partial charge in [0, 0.05) is 19.8 Å². The molecule has 20 heavy (non-hydrogen) atoms. The monoisotopic (exact) mass is 272 g/mol. The molecule has 1 atom stereocenters. The lowest BCUT2D eigenvalue weighted by molar-refractivity contribution is -0.127. The first-order valence-corrected chi connectivity index (χ1v) is 6.51. The van der Waals surface area contributed by atoms with Crippen LogP contribution in [0.25, 0.3) is 5.82 Å². The van der Waals surface area contributed by atoms with Crippen LogP contribution in [0.4, 0.5) is 5.82 Å². The quantitative estimate of drug-likeness (QED) is 0.886. The molecule has 3 rings (SSSR count). The zero-order chi connectivity index (χ0) is 14.1. The van der Waals surface area contributed by atoms with Crippen molar-refractivity contribution < 1.29 is 4.79 Å². The van der Waals surface area contributed by atoms with Crippen LogP contribution in [0.2, 0.25) is 0 Å². The molecule has 1 aliphatic rings. The summed E-state index contributed by atoms with van der Waals surface area (Å²) in [6, 6.07) is 5.34. The number of nitrogens with one attached hydrogen (secondary N) is 1. The number of hydrogen-bond donors (Lipinski definition) is 1. The van der Waals surface area contributed by atoms with Crippen LogP contribution in [-0.2, 0) is 4.79 Å². The van der Waals surface area contributed by atoms with Gasteiger partial charge in [0.1, 0.15) is 11.9 Å². The molecule has 0 bridgehead atoms. The Kier molecular flexibility index (Phi) is 3.09. The molecule has 0 radical (unpaired) electrons. The number of aryl methyl sites for hydroxylation is 1. The highest BCUT2D eigenvalue weighted by Crippen LogP contribution is 2.14. The highest BCUT2D eigenvalue weighted by Gasteiger charge is 2.29. The Morgan fingerprint density at radius 3 is 2.70 bits per heavy atom. The fourth-order valence-electron chi connectivity index (χ4n) is 2.20. The number of nitrogens with zero attached hydrogens (tertiary/aromatic N) is 5. The summed E-state index contributed by atoms with van der Waals surface area (Å²) in [5, 5.41) is 15.6. The molecule has 0 saturated carbocycles. The predicted octanol–water partition coefficient (Wildman–Crippen LogP) is 0.613. The van der Waals surface area contributed by atoms with Crippen molar-refractivity contribution in [3.8, 4) is 5.82 Å². The molecule has 1 saturated heterocycles. The lowest BCUT2D eigenvalue weighted by Gasteiger charge is -2.12. The highest BCUT2D eigenvalue weighted by molar-refractivity contribution is 5.86. The van der Waals surface area contributed by atoms with E-state index in [1.54, 1.807) is 16.6 Å². The van der Waals surface area contributed by atoms with E-state index >= 15 is 0 Å². The molecule has 1 unspecified atom stereocenters. The van der Waals surface area contributed by atoms with Gasteiger partial charge >= 0.3 is 0 Å². The van der Waals surface area contributed by atoms with Gasteiger partial charge < -0.3 is 10.2 Å². The Morgan fingerprint density at radius 2 is 2.15 bits per heavy atom. The summed E-state index contributed by atoms with van der Waals surface area (Å²) >= 11 is 0. The smallest absolute Gasteiger partial charge is 0.244 e. The summed E-state index contributed by atoms with van der Waals surface area (Å²) in [4.78, 5) is 13.5. The van der Waals surface area contributed by atoms with Crippen LogP contribution in [0.15, 0.2) is 24.4 Å². The average Bonchev–Trinajstić information content (AvgIpc) is 3.01. The molecule has 1 fully saturated rings.